The summed E-state index contributed by atoms with van der Waals surface area (Å²) in [7, 11) is 0. The number of rotatable bonds is 5. The van der Waals surface area contributed by atoms with Crippen LogP contribution < -0.4 is 4.74 Å². The molecule has 1 atom stereocenters. The van der Waals surface area contributed by atoms with Gasteiger partial charge in [-0.1, -0.05) is 23.9 Å². The average Bonchev–Trinajstić information content (AvgIpc) is 3.19. The standard InChI is InChI=1S/C20H24N2O3/c1-13(2)12-24-18-10-6-5-8-16(18)20(23)22-11-7-9-17(22)19-14(3)21-25-15(19)4/h5-6,8,10,17H,1,7,9,11-12H2,2-4H3/t17-/m1/s1. The molecule has 2 heterocycles. The fraction of sp³-hybridized carbons (Fsp3) is 0.400. The third-order valence-electron chi connectivity index (χ3n) is 4.53. The maximum atomic E-state index is 13.2. The number of hydrogen-bond acceptors (Lipinski definition) is 4. The van der Waals surface area contributed by atoms with Crippen molar-refractivity contribution >= 4 is 5.91 Å². The molecular formula is C20H24N2O3. The van der Waals surface area contributed by atoms with Crippen LogP contribution in [0.5, 0.6) is 5.75 Å². The molecule has 1 aliphatic heterocycles. The highest BCUT2D eigenvalue weighted by atomic mass is 16.5. The first-order valence-corrected chi connectivity index (χ1v) is 8.59. The summed E-state index contributed by atoms with van der Waals surface area (Å²) >= 11 is 0. The lowest BCUT2D eigenvalue weighted by atomic mass is 10.0. The van der Waals surface area contributed by atoms with Crippen molar-refractivity contribution in [3.05, 3.63) is 59.0 Å². The number of carbonyl (C=O) groups is 1. The number of aromatic nitrogens is 1. The van der Waals surface area contributed by atoms with E-state index in [1.807, 2.05) is 49.9 Å². The number of aryl methyl sites for hydroxylation is 2. The summed E-state index contributed by atoms with van der Waals surface area (Å²) in [5.41, 5.74) is 3.39. The van der Waals surface area contributed by atoms with Crippen LogP contribution in [0.2, 0.25) is 0 Å². The van der Waals surface area contributed by atoms with Gasteiger partial charge in [-0.25, -0.2) is 0 Å². The number of para-hydroxylation sites is 1. The second-order valence-corrected chi connectivity index (χ2v) is 6.64. The van der Waals surface area contributed by atoms with Gasteiger partial charge >= 0.3 is 0 Å². The van der Waals surface area contributed by atoms with Crippen LogP contribution in [0.1, 0.15) is 53.2 Å². The minimum Gasteiger partial charge on any atom is -0.488 e. The minimum atomic E-state index is -0.0141. The number of ether oxygens (including phenoxy) is 1. The molecule has 5 nitrogen and oxygen atoms in total. The number of likely N-dealkylation sites (tertiary alicyclic amines) is 1. The van der Waals surface area contributed by atoms with Crippen molar-refractivity contribution in [3.63, 3.8) is 0 Å². The Balaban J connectivity index is 1.89. The molecule has 25 heavy (non-hydrogen) atoms. The van der Waals surface area contributed by atoms with E-state index in [4.69, 9.17) is 9.26 Å². The Labute approximate surface area is 148 Å². The SMILES string of the molecule is C=C(C)COc1ccccc1C(=O)N1CCC[C@@H]1c1c(C)noc1C. The number of hydrogen-bond donors (Lipinski definition) is 0. The van der Waals surface area contributed by atoms with E-state index in [-0.39, 0.29) is 11.9 Å². The van der Waals surface area contributed by atoms with Crippen molar-refractivity contribution in [3.8, 4) is 5.75 Å². The Morgan fingerprint density at radius 3 is 2.84 bits per heavy atom. The first kappa shape index (κ1) is 17.3. The Bertz CT molecular complexity index is 774. The lowest BCUT2D eigenvalue weighted by Crippen LogP contribution is -2.31. The summed E-state index contributed by atoms with van der Waals surface area (Å²) in [5, 5.41) is 4.05. The Kier molecular flexibility index (Phi) is 4.93. The van der Waals surface area contributed by atoms with E-state index in [0.717, 1.165) is 42.0 Å². The third kappa shape index (κ3) is 3.45. The molecule has 5 heteroatoms. The molecule has 0 radical (unpaired) electrons. The summed E-state index contributed by atoms with van der Waals surface area (Å²) in [4.78, 5) is 15.1. The number of nitrogens with zero attached hydrogens (tertiary/aromatic N) is 2. The Hall–Kier alpha value is -2.56. The molecule has 1 saturated heterocycles. The molecule has 1 fully saturated rings. The van der Waals surface area contributed by atoms with Gasteiger partial charge in [0.2, 0.25) is 0 Å². The monoisotopic (exact) mass is 340 g/mol. The van der Waals surface area contributed by atoms with E-state index in [1.165, 1.54) is 0 Å². The van der Waals surface area contributed by atoms with Crippen LogP contribution in [0.15, 0.2) is 40.9 Å². The van der Waals surface area contributed by atoms with Gasteiger partial charge in [-0.15, -0.1) is 0 Å². The van der Waals surface area contributed by atoms with Gasteiger partial charge in [-0.2, -0.15) is 0 Å². The smallest absolute Gasteiger partial charge is 0.258 e. The van der Waals surface area contributed by atoms with Gasteiger partial charge in [0.15, 0.2) is 0 Å². The van der Waals surface area contributed by atoms with Gasteiger partial charge in [0.25, 0.3) is 5.91 Å². The molecule has 0 unspecified atom stereocenters. The average molecular weight is 340 g/mol. The van der Waals surface area contributed by atoms with Crippen LogP contribution in [0, 0.1) is 13.8 Å². The minimum absolute atomic E-state index is 0.00736. The quantitative estimate of drug-likeness (QED) is 0.765. The van der Waals surface area contributed by atoms with Crippen molar-refractivity contribution in [2.24, 2.45) is 0 Å². The summed E-state index contributed by atoms with van der Waals surface area (Å²) in [6.45, 7) is 10.7. The number of carbonyl (C=O) groups excluding carboxylic acids is 1. The van der Waals surface area contributed by atoms with Gasteiger partial charge in [0.1, 0.15) is 18.1 Å². The molecule has 1 amide bonds. The Morgan fingerprint density at radius 1 is 1.40 bits per heavy atom. The summed E-state index contributed by atoms with van der Waals surface area (Å²) in [6.07, 6.45) is 1.89. The van der Waals surface area contributed by atoms with E-state index in [0.29, 0.717) is 17.9 Å². The van der Waals surface area contributed by atoms with Crippen LogP contribution >= 0.6 is 0 Å². The molecule has 0 bridgehead atoms. The van der Waals surface area contributed by atoms with Crippen molar-refractivity contribution in [2.75, 3.05) is 13.2 Å². The second kappa shape index (κ2) is 7.13. The topological polar surface area (TPSA) is 55.6 Å². The molecule has 132 valence electrons. The fourth-order valence-electron chi connectivity index (χ4n) is 3.40. The van der Waals surface area contributed by atoms with E-state index in [1.54, 1.807) is 0 Å². The van der Waals surface area contributed by atoms with E-state index < -0.39 is 0 Å². The zero-order valence-corrected chi connectivity index (χ0v) is 15.0. The molecule has 1 aromatic carbocycles. The molecule has 1 aromatic heterocycles. The van der Waals surface area contributed by atoms with Crippen molar-refractivity contribution in [1.29, 1.82) is 0 Å². The van der Waals surface area contributed by atoms with Crippen LogP contribution in [-0.4, -0.2) is 29.1 Å². The van der Waals surface area contributed by atoms with Crippen LogP contribution in [-0.2, 0) is 0 Å². The predicted octanol–water partition coefficient (Wildman–Crippen LogP) is 4.22. The van der Waals surface area contributed by atoms with Crippen molar-refractivity contribution in [2.45, 2.75) is 39.7 Å². The highest BCUT2D eigenvalue weighted by Crippen LogP contribution is 2.37. The van der Waals surface area contributed by atoms with Crippen LogP contribution in [0.25, 0.3) is 0 Å². The first-order valence-electron chi connectivity index (χ1n) is 8.59. The number of amides is 1. The number of benzene rings is 1. The molecule has 0 saturated carbocycles. The molecule has 1 aliphatic rings. The first-order chi connectivity index (χ1) is 12.0. The van der Waals surface area contributed by atoms with Crippen LogP contribution in [0.4, 0.5) is 0 Å². The zero-order valence-electron chi connectivity index (χ0n) is 15.0. The molecule has 0 spiro atoms. The Morgan fingerprint density at radius 2 is 2.16 bits per heavy atom. The zero-order chi connectivity index (χ0) is 18.0. The summed E-state index contributed by atoms with van der Waals surface area (Å²) in [6, 6.07) is 7.39. The van der Waals surface area contributed by atoms with Gasteiger partial charge in [-0.3, -0.25) is 4.79 Å². The lowest BCUT2D eigenvalue weighted by molar-refractivity contribution is 0.0730. The largest absolute Gasteiger partial charge is 0.488 e. The highest BCUT2D eigenvalue weighted by Gasteiger charge is 2.35. The molecule has 2 aromatic rings. The lowest BCUT2D eigenvalue weighted by Gasteiger charge is -2.25. The van der Waals surface area contributed by atoms with E-state index >= 15 is 0 Å². The predicted molar refractivity (Wildman–Crippen MR) is 95.7 cm³/mol. The van der Waals surface area contributed by atoms with Crippen LogP contribution in [0.3, 0.4) is 0 Å². The van der Waals surface area contributed by atoms with Gasteiger partial charge < -0.3 is 14.2 Å². The normalized spacial score (nSPS) is 16.9. The van der Waals surface area contributed by atoms with Crippen molar-refractivity contribution in [1.82, 2.24) is 10.1 Å². The molecule has 0 N–H and O–H groups in total. The van der Waals surface area contributed by atoms with Gasteiger partial charge in [-0.05, 0) is 51.3 Å². The maximum Gasteiger partial charge on any atom is 0.258 e. The second-order valence-electron chi connectivity index (χ2n) is 6.64. The van der Waals surface area contributed by atoms with Gasteiger partial charge in [0.05, 0.1) is 17.3 Å². The molecule has 3 rings (SSSR count). The molecule has 0 aliphatic carbocycles. The summed E-state index contributed by atoms with van der Waals surface area (Å²) in [5.74, 6) is 1.37. The van der Waals surface area contributed by atoms with E-state index in [2.05, 4.69) is 11.7 Å². The summed E-state index contributed by atoms with van der Waals surface area (Å²) < 4.78 is 11.1. The maximum absolute atomic E-state index is 13.2. The molecular weight excluding hydrogens is 316 g/mol. The fourth-order valence-corrected chi connectivity index (χ4v) is 3.40. The highest BCUT2D eigenvalue weighted by molar-refractivity contribution is 5.97. The van der Waals surface area contributed by atoms with Gasteiger partial charge in [0, 0.05) is 12.1 Å². The third-order valence-corrected chi connectivity index (χ3v) is 4.53. The van der Waals surface area contributed by atoms with Crippen molar-refractivity contribution < 1.29 is 14.1 Å². The van der Waals surface area contributed by atoms with E-state index in [9.17, 15) is 4.79 Å².